The van der Waals surface area contributed by atoms with Crippen molar-refractivity contribution in [2.45, 2.75) is 0 Å². The molecule has 5 nitrogen and oxygen atoms in total. The van der Waals surface area contributed by atoms with Crippen molar-refractivity contribution in [3.05, 3.63) is 60.3 Å². The van der Waals surface area contributed by atoms with E-state index in [0.717, 1.165) is 4.68 Å². The Morgan fingerprint density at radius 3 is 2.28 bits per heavy atom. The Balaban J connectivity index is 2.46. The number of aromatic amines is 1. The van der Waals surface area contributed by atoms with Crippen LogP contribution in [-0.2, 0) is 0 Å². The van der Waals surface area contributed by atoms with Crippen molar-refractivity contribution >= 4 is 40.5 Å². The van der Waals surface area contributed by atoms with Crippen molar-refractivity contribution in [1.29, 1.82) is 0 Å². The second-order valence-electron chi connectivity index (χ2n) is 3.34. The van der Waals surface area contributed by atoms with E-state index >= 15 is 0 Å². The summed E-state index contributed by atoms with van der Waals surface area (Å²) >= 11 is 17.7. The first kappa shape index (κ1) is 13.0. The Hall–Kier alpha value is -1.43. The number of hydrogen-bond donors (Lipinski definition) is 2. The topological polar surface area (TPSA) is 66.9 Å². The highest BCUT2D eigenvalue weighted by Gasteiger charge is 2.08. The Labute approximate surface area is 116 Å². The highest BCUT2D eigenvalue weighted by atomic mass is 35.5. The van der Waals surface area contributed by atoms with Crippen molar-refractivity contribution in [3.8, 4) is 0 Å². The standard InChI is InChI=1S/C10H6Cl3N3O2/c11-5-3-6(12)9(7(13)4-5)15-16-2-1-8(17)14-10(16)18/h1-4,15H,(H,14,17,18). The van der Waals surface area contributed by atoms with Gasteiger partial charge in [-0.3, -0.25) is 15.2 Å². The molecule has 0 spiro atoms. The molecule has 94 valence electrons. The van der Waals surface area contributed by atoms with E-state index in [9.17, 15) is 9.59 Å². The molecule has 0 aliphatic rings. The lowest BCUT2D eigenvalue weighted by Crippen LogP contribution is -2.32. The van der Waals surface area contributed by atoms with Gasteiger partial charge in [0.25, 0.3) is 5.56 Å². The van der Waals surface area contributed by atoms with Gasteiger partial charge in [0, 0.05) is 17.3 Å². The molecule has 2 rings (SSSR count). The van der Waals surface area contributed by atoms with E-state index in [1.165, 1.54) is 24.4 Å². The summed E-state index contributed by atoms with van der Waals surface area (Å²) in [6.45, 7) is 0. The first-order valence-corrected chi connectivity index (χ1v) is 5.84. The van der Waals surface area contributed by atoms with Crippen LogP contribution in [0.1, 0.15) is 0 Å². The minimum absolute atomic E-state index is 0.255. The molecule has 1 aromatic carbocycles. The molecule has 0 fully saturated rings. The molecule has 2 N–H and O–H groups in total. The van der Waals surface area contributed by atoms with Crippen molar-refractivity contribution < 1.29 is 0 Å². The molecule has 0 unspecified atom stereocenters. The van der Waals surface area contributed by atoms with Gasteiger partial charge in [-0.05, 0) is 12.1 Å². The number of nitrogens with zero attached hydrogens (tertiary/aromatic N) is 1. The number of nitrogens with one attached hydrogen (secondary N) is 2. The first-order valence-electron chi connectivity index (χ1n) is 4.71. The van der Waals surface area contributed by atoms with Crippen molar-refractivity contribution in [1.82, 2.24) is 9.66 Å². The predicted molar refractivity (Wildman–Crippen MR) is 71.8 cm³/mol. The summed E-state index contributed by atoms with van der Waals surface area (Å²) in [4.78, 5) is 24.5. The van der Waals surface area contributed by atoms with Crippen LogP contribution in [0.25, 0.3) is 0 Å². The van der Waals surface area contributed by atoms with Gasteiger partial charge in [-0.25, -0.2) is 9.47 Å². The monoisotopic (exact) mass is 305 g/mol. The molecule has 0 saturated heterocycles. The molecule has 0 bridgehead atoms. The summed E-state index contributed by atoms with van der Waals surface area (Å²) in [5, 5.41) is 0.889. The normalized spacial score (nSPS) is 10.4. The third-order valence-corrected chi connectivity index (χ3v) is 2.88. The van der Waals surface area contributed by atoms with Crippen molar-refractivity contribution in [2.24, 2.45) is 0 Å². The van der Waals surface area contributed by atoms with Crippen LogP contribution in [0.5, 0.6) is 0 Å². The molecule has 8 heteroatoms. The third-order valence-electron chi connectivity index (χ3n) is 2.06. The molecule has 2 aromatic rings. The van der Waals surface area contributed by atoms with Crippen LogP contribution in [0, 0.1) is 0 Å². The summed E-state index contributed by atoms with van der Waals surface area (Å²) in [6.07, 6.45) is 1.27. The summed E-state index contributed by atoms with van der Waals surface area (Å²) in [7, 11) is 0. The number of H-pyrrole nitrogens is 1. The predicted octanol–water partition coefficient (Wildman–Crippen LogP) is 2.37. The Morgan fingerprint density at radius 2 is 1.72 bits per heavy atom. The molecule has 1 heterocycles. The Kier molecular flexibility index (Phi) is 3.65. The zero-order valence-corrected chi connectivity index (χ0v) is 11.0. The van der Waals surface area contributed by atoms with Crippen LogP contribution in [0.15, 0.2) is 34.0 Å². The highest BCUT2D eigenvalue weighted by Crippen LogP contribution is 2.33. The average molecular weight is 307 g/mol. The minimum atomic E-state index is -0.635. The van der Waals surface area contributed by atoms with E-state index in [1.54, 1.807) is 0 Å². The van der Waals surface area contributed by atoms with Gasteiger partial charge < -0.3 is 0 Å². The van der Waals surface area contributed by atoms with Gasteiger partial charge in [0.15, 0.2) is 0 Å². The largest absolute Gasteiger partial charge is 0.347 e. The number of hydrogen-bond acceptors (Lipinski definition) is 3. The van der Waals surface area contributed by atoms with Crippen LogP contribution in [-0.4, -0.2) is 9.66 Å². The van der Waals surface area contributed by atoms with Crippen LogP contribution in [0.4, 0.5) is 5.69 Å². The number of rotatable bonds is 2. The fourth-order valence-corrected chi connectivity index (χ4v) is 2.18. The smallest absolute Gasteiger partial charge is 0.287 e. The van der Waals surface area contributed by atoms with Crippen LogP contribution in [0.2, 0.25) is 15.1 Å². The van der Waals surface area contributed by atoms with Crippen LogP contribution in [0.3, 0.4) is 0 Å². The third kappa shape index (κ3) is 2.69. The number of aromatic nitrogens is 2. The van der Waals surface area contributed by atoms with Gasteiger partial charge >= 0.3 is 5.69 Å². The zero-order valence-electron chi connectivity index (χ0n) is 8.71. The van der Waals surface area contributed by atoms with Crippen LogP contribution < -0.4 is 16.7 Å². The van der Waals surface area contributed by atoms with E-state index in [4.69, 9.17) is 34.8 Å². The lowest BCUT2D eigenvalue weighted by Gasteiger charge is -2.12. The summed E-state index contributed by atoms with van der Waals surface area (Å²) in [5.41, 5.74) is 1.86. The lowest BCUT2D eigenvalue weighted by molar-refractivity contribution is 0.831. The summed E-state index contributed by atoms with van der Waals surface area (Å²) in [6, 6.07) is 4.15. The second kappa shape index (κ2) is 5.06. The maximum atomic E-state index is 11.5. The second-order valence-corrected chi connectivity index (χ2v) is 4.59. The van der Waals surface area contributed by atoms with Gasteiger partial charge in [0.2, 0.25) is 0 Å². The Bertz CT molecular complexity index is 685. The molecule has 0 amide bonds. The van der Waals surface area contributed by atoms with Gasteiger partial charge in [-0.15, -0.1) is 0 Å². The van der Waals surface area contributed by atoms with Gasteiger partial charge in [0.1, 0.15) is 0 Å². The van der Waals surface area contributed by atoms with Gasteiger partial charge in [0.05, 0.1) is 15.7 Å². The highest BCUT2D eigenvalue weighted by molar-refractivity contribution is 6.41. The molecule has 18 heavy (non-hydrogen) atoms. The first-order chi connectivity index (χ1) is 8.47. The SMILES string of the molecule is O=c1ccn(Nc2c(Cl)cc(Cl)cc2Cl)c(=O)[nH]1. The molecule has 0 aliphatic heterocycles. The molecule has 0 saturated carbocycles. The molecular formula is C10H6Cl3N3O2. The van der Waals surface area contributed by atoms with E-state index in [-0.39, 0.29) is 10.0 Å². The maximum absolute atomic E-state index is 11.5. The zero-order chi connectivity index (χ0) is 13.3. The lowest BCUT2D eigenvalue weighted by atomic mass is 10.3. The quantitative estimate of drug-likeness (QED) is 0.895. The molecule has 1 aromatic heterocycles. The maximum Gasteiger partial charge on any atom is 0.347 e. The van der Waals surface area contributed by atoms with Gasteiger partial charge in [-0.2, -0.15) is 0 Å². The van der Waals surface area contributed by atoms with Crippen molar-refractivity contribution in [3.63, 3.8) is 0 Å². The van der Waals surface area contributed by atoms with Crippen LogP contribution >= 0.6 is 34.8 Å². The van der Waals surface area contributed by atoms with E-state index in [2.05, 4.69) is 10.4 Å². The molecular weight excluding hydrogens is 300 g/mol. The van der Waals surface area contributed by atoms with E-state index in [0.29, 0.717) is 10.7 Å². The van der Waals surface area contributed by atoms with Crippen molar-refractivity contribution in [2.75, 3.05) is 5.43 Å². The number of halogens is 3. The average Bonchev–Trinajstić information content (AvgIpc) is 2.25. The fourth-order valence-electron chi connectivity index (χ4n) is 1.27. The van der Waals surface area contributed by atoms with E-state index < -0.39 is 11.2 Å². The fraction of sp³-hybridized carbons (Fsp3) is 0. The molecule has 0 radical (unpaired) electrons. The summed E-state index contributed by atoms with van der Waals surface area (Å²) < 4.78 is 1.04. The number of anilines is 1. The molecule has 0 atom stereocenters. The van der Waals surface area contributed by atoms with E-state index in [1.807, 2.05) is 0 Å². The minimum Gasteiger partial charge on any atom is -0.287 e. The summed E-state index contributed by atoms with van der Waals surface area (Å²) in [5.74, 6) is 0. The Morgan fingerprint density at radius 1 is 1.11 bits per heavy atom. The van der Waals surface area contributed by atoms with Gasteiger partial charge in [-0.1, -0.05) is 34.8 Å². The molecule has 0 aliphatic carbocycles. The number of benzene rings is 1.